The van der Waals surface area contributed by atoms with Crippen LogP contribution in [-0.2, 0) is 0 Å². The SMILES string of the molecule is CC1=C(/C=C/C(Br)=C/CO)C(C)(C)CCC1. The molecule has 1 nitrogen and oxygen atoms in total. The molecule has 0 aromatic heterocycles. The first-order valence-electron chi connectivity index (χ1n) is 5.82. The average molecular weight is 285 g/mol. The monoisotopic (exact) mass is 284 g/mol. The number of aliphatic hydroxyl groups is 1. The maximum Gasteiger partial charge on any atom is 0.0626 e. The summed E-state index contributed by atoms with van der Waals surface area (Å²) in [5, 5.41) is 8.78. The van der Waals surface area contributed by atoms with Crippen LogP contribution in [0, 0.1) is 5.41 Å². The third kappa shape index (κ3) is 3.60. The van der Waals surface area contributed by atoms with Crippen molar-refractivity contribution in [2.45, 2.75) is 40.0 Å². The van der Waals surface area contributed by atoms with Crippen molar-refractivity contribution in [3.8, 4) is 0 Å². The van der Waals surface area contributed by atoms with Gasteiger partial charge in [-0.1, -0.05) is 41.4 Å². The smallest absolute Gasteiger partial charge is 0.0626 e. The Balaban J connectivity index is 2.89. The number of hydrogen-bond donors (Lipinski definition) is 1. The van der Waals surface area contributed by atoms with Crippen LogP contribution in [0.15, 0.2) is 33.9 Å². The summed E-state index contributed by atoms with van der Waals surface area (Å²) in [6, 6.07) is 0. The van der Waals surface area contributed by atoms with Gasteiger partial charge in [0.1, 0.15) is 0 Å². The van der Waals surface area contributed by atoms with Gasteiger partial charge in [-0.15, -0.1) is 0 Å². The molecule has 1 aliphatic carbocycles. The van der Waals surface area contributed by atoms with Crippen LogP contribution in [-0.4, -0.2) is 11.7 Å². The van der Waals surface area contributed by atoms with Crippen LogP contribution in [0.3, 0.4) is 0 Å². The topological polar surface area (TPSA) is 20.2 Å². The van der Waals surface area contributed by atoms with Crippen molar-refractivity contribution >= 4 is 15.9 Å². The molecule has 0 radical (unpaired) electrons. The van der Waals surface area contributed by atoms with Gasteiger partial charge in [0, 0.05) is 4.48 Å². The molecule has 0 atom stereocenters. The third-order valence-corrected chi connectivity index (χ3v) is 3.83. The minimum Gasteiger partial charge on any atom is -0.392 e. The van der Waals surface area contributed by atoms with Crippen molar-refractivity contribution in [1.82, 2.24) is 0 Å². The lowest BCUT2D eigenvalue weighted by molar-refractivity contribution is 0.342. The summed E-state index contributed by atoms with van der Waals surface area (Å²) in [6.07, 6.45) is 9.73. The highest BCUT2D eigenvalue weighted by Gasteiger charge is 2.26. The molecule has 0 heterocycles. The van der Waals surface area contributed by atoms with Gasteiger partial charge in [-0.05, 0) is 49.3 Å². The lowest BCUT2D eigenvalue weighted by Crippen LogP contribution is -2.18. The van der Waals surface area contributed by atoms with E-state index in [1.807, 2.05) is 6.08 Å². The van der Waals surface area contributed by atoms with Crippen LogP contribution in [0.25, 0.3) is 0 Å². The quantitative estimate of drug-likeness (QED) is 0.765. The van der Waals surface area contributed by atoms with Gasteiger partial charge < -0.3 is 5.11 Å². The first-order chi connectivity index (χ1) is 7.47. The second-order valence-corrected chi connectivity index (χ2v) is 5.95. The number of hydrogen-bond acceptors (Lipinski definition) is 1. The number of halogens is 1. The van der Waals surface area contributed by atoms with Gasteiger partial charge in [-0.25, -0.2) is 0 Å². The van der Waals surface area contributed by atoms with E-state index in [0.29, 0.717) is 0 Å². The van der Waals surface area contributed by atoms with E-state index in [2.05, 4.69) is 42.8 Å². The van der Waals surface area contributed by atoms with Gasteiger partial charge in [0.05, 0.1) is 6.61 Å². The molecule has 0 spiro atoms. The molecule has 0 aromatic carbocycles. The molecule has 0 saturated heterocycles. The van der Waals surface area contributed by atoms with Gasteiger partial charge in [0.25, 0.3) is 0 Å². The van der Waals surface area contributed by atoms with E-state index in [9.17, 15) is 0 Å². The zero-order valence-electron chi connectivity index (χ0n) is 10.4. The molecule has 2 heteroatoms. The summed E-state index contributed by atoms with van der Waals surface area (Å²) in [5.41, 5.74) is 3.23. The maximum atomic E-state index is 8.78. The molecule has 0 amide bonds. The lowest BCUT2D eigenvalue weighted by atomic mass is 9.73. The van der Waals surface area contributed by atoms with Crippen LogP contribution in [0.2, 0.25) is 0 Å². The molecule has 0 aliphatic heterocycles. The van der Waals surface area contributed by atoms with Gasteiger partial charge in [-0.3, -0.25) is 0 Å². The molecule has 16 heavy (non-hydrogen) atoms. The summed E-state index contributed by atoms with van der Waals surface area (Å²) in [7, 11) is 0. The molecule has 0 bridgehead atoms. The first kappa shape index (κ1) is 13.7. The third-order valence-electron chi connectivity index (χ3n) is 3.24. The second-order valence-electron chi connectivity index (χ2n) is 5.04. The Morgan fingerprint density at radius 2 is 2.19 bits per heavy atom. The molecule has 0 fully saturated rings. The average Bonchev–Trinajstić information content (AvgIpc) is 2.16. The standard InChI is InChI=1S/C14H21BrO/c1-11-5-4-9-14(2,3)13(11)7-6-12(15)8-10-16/h6-8,16H,4-5,9-10H2,1-3H3/b7-6+,12-8-. The zero-order valence-corrected chi connectivity index (χ0v) is 12.0. The van der Waals surface area contributed by atoms with Crippen LogP contribution in [0.4, 0.5) is 0 Å². The van der Waals surface area contributed by atoms with E-state index in [0.717, 1.165) is 4.48 Å². The summed E-state index contributed by atoms with van der Waals surface area (Å²) in [6.45, 7) is 6.91. The van der Waals surface area contributed by atoms with Crippen LogP contribution < -0.4 is 0 Å². The van der Waals surface area contributed by atoms with E-state index >= 15 is 0 Å². The highest BCUT2D eigenvalue weighted by molar-refractivity contribution is 9.11. The van der Waals surface area contributed by atoms with E-state index in [1.165, 1.54) is 30.4 Å². The van der Waals surface area contributed by atoms with Crippen molar-refractivity contribution in [3.63, 3.8) is 0 Å². The Labute approximate surface area is 107 Å². The highest BCUT2D eigenvalue weighted by atomic mass is 79.9. The fourth-order valence-corrected chi connectivity index (χ4v) is 2.61. The van der Waals surface area contributed by atoms with Crippen molar-refractivity contribution in [1.29, 1.82) is 0 Å². The Morgan fingerprint density at radius 1 is 1.50 bits per heavy atom. The molecule has 1 rings (SSSR count). The van der Waals surface area contributed by atoms with Gasteiger partial charge in [0.2, 0.25) is 0 Å². The number of aliphatic hydroxyl groups excluding tert-OH is 1. The normalized spacial score (nSPS) is 21.9. The Kier molecular flexibility index (Phi) is 5.00. The molecule has 0 aromatic rings. The molecule has 1 aliphatic rings. The largest absolute Gasteiger partial charge is 0.392 e. The summed E-state index contributed by atoms with van der Waals surface area (Å²) in [4.78, 5) is 0. The van der Waals surface area contributed by atoms with Gasteiger partial charge in [-0.2, -0.15) is 0 Å². The Hall–Kier alpha value is -0.340. The maximum absolute atomic E-state index is 8.78. The van der Waals surface area contributed by atoms with Crippen LogP contribution >= 0.6 is 15.9 Å². The predicted molar refractivity (Wildman–Crippen MR) is 73.6 cm³/mol. The van der Waals surface area contributed by atoms with E-state index in [4.69, 9.17) is 5.11 Å². The minimum absolute atomic E-state index is 0.0757. The lowest BCUT2D eigenvalue weighted by Gasteiger charge is -2.32. The Bertz CT molecular complexity index is 335. The van der Waals surface area contributed by atoms with Crippen molar-refractivity contribution in [2.24, 2.45) is 5.41 Å². The predicted octanol–water partition coefficient (Wildman–Crippen LogP) is 4.34. The van der Waals surface area contributed by atoms with E-state index in [1.54, 1.807) is 6.08 Å². The van der Waals surface area contributed by atoms with Crippen LogP contribution in [0.1, 0.15) is 40.0 Å². The van der Waals surface area contributed by atoms with Crippen molar-refractivity contribution < 1.29 is 5.11 Å². The van der Waals surface area contributed by atoms with Gasteiger partial charge in [0.15, 0.2) is 0 Å². The first-order valence-corrected chi connectivity index (χ1v) is 6.61. The van der Waals surface area contributed by atoms with E-state index in [-0.39, 0.29) is 12.0 Å². The summed E-state index contributed by atoms with van der Waals surface area (Å²) < 4.78 is 0.941. The molecule has 1 N–H and O–H groups in total. The second kappa shape index (κ2) is 5.83. The fraction of sp³-hybridized carbons (Fsp3) is 0.571. The Morgan fingerprint density at radius 3 is 2.75 bits per heavy atom. The zero-order chi connectivity index (χ0) is 12.2. The number of allylic oxidation sites excluding steroid dienone is 5. The van der Waals surface area contributed by atoms with Crippen LogP contribution in [0.5, 0.6) is 0 Å². The summed E-state index contributed by atoms with van der Waals surface area (Å²) >= 11 is 3.41. The number of rotatable bonds is 3. The van der Waals surface area contributed by atoms with Crippen molar-refractivity contribution in [2.75, 3.05) is 6.61 Å². The molecular weight excluding hydrogens is 264 g/mol. The molecule has 90 valence electrons. The summed E-state index contributed by atoms with van der Waals surface area (Å²) in [5.74, 6) is 0. The molecule has 0 unspecified atom stereocenters. The van der Waals surface area contributed by atoms with E-state index < -0.39 is 0 Å². The minimum atomic E-state index is 0.0757. The molecule has 0 saturated carbocycles. The fourth-order valence-electron chi connectivity index (χ4n) is 2.33. The highest BCUT2D eigenvalue weighted by Crippen LogP contribution is 2.40. The van der Waals surface area contributed by atoms with Gasteiger partial charge >= 0.3 is 0 Å². The van der Waals surface area contributed by atoms with Crippen molar-refractivity contribution in [3.05, 3.63) is 33.9 Å². The molecular formula is C14H21BrO.